The summed E-state index contributed by atoms with van der Waals surface area (Å²) in [5, 5.41) is 5.93. The number of furan rings is 1. The second-order valence-electron chi connectivity index (χ2n) is 8.60. The van der Waals surface area contributed by atoms with Crippen LogP contribution in [0.2, 0.25) is 0 Å². The molecule has 34 heavy (non-hydrogen) atoms. The third kappa shape index (κ3) is 5.77. The molecule has 176 valence electrons. The monoisotopic (exact) mass is 461 g/mol. The van der Waals surface area contributed by atoms with Gasteiger partial charge >= 0.3 is 0 Å². The molecule has 2 heterocycles. The Bertz CT molecular complexity index is 1140. The maximum absolute atomic E-state index is 12.6. The molecule has 2 aromatic carbocycles. The molecule has 8 nitrogen and oxygen atoms in total. The fraction of sp³-hybridized carbons (Fsp3) is 0.308. The van der Waals surface area contributed by atoms with Crippen LogP contribution in [-0.2, 0) is 17.9 Å². The molecule has 8 heteroatoms. The quantitative estimate of drug-likeness (QED) is 0.475. The molecule has 0 unspecified atom stereocenters. The molecule has 1 fully saturated rings. The van der Waals surface area contributed by atoms with Gasteiger partial charge < -0.3 is 24.5 Å². The first kappa shape index (κ1) is 22.0. The van der Waals surface area contributed by atoms with Gasteiger partial charge in [0, 0.05) is 42.9 Å². The number of anilines is 1. The van der Waals surface area contributed by atoms with Gasteiger partial charge in [0.05, 0.1) is 12.8 Å². The number of nitrogens with zero attached hydrogens (tertiary/aromatic N) is 1. The molecule has 3 aromatic rings. The van der Waals surface area contributed by atoms with Gasteiger partial charge in [0.2, 0.25) is 12.7 Å². The summed E-state index contributed by atoms with van der Waals surface area (Å²) in [6.45, 7) is 1.94. The molecule has 1 aliphatic heterocycles. The molecular weight excluding hydrogens is 434 g/mol. The first-order chi connectivity index (χ1) is 16.6. The molecule has 0 bridgehead atoms. The van der Waals surface area contributed by atoms with Gasteiger partial charge in [-0.2, -0.15) is 0 Å². The minimum absolute atomic E-state index is 0.0262. The molecule has 2 N–H and O–H groups in total. The number of ether oxygens (including phenoxy) is 2. The Labute approximate surface area is 197 Å². The topological polar surface area (TPSA) is 93.0 Å². The average Bonchev–Trinajstić information content (AvgIpc) is 3.29. The van der Waals surface area contributed by atoms with Crippen molar-refractivity contribution in [1.82, 2.24) is 10.2 Å². The fourth-order valence-corrected chi connectivity index (χ4v) is 3.81. The Hall–Kier alpha value is -3.78. The number of hydrogen-bond acceptors (Lipinski definition) is 6. The van der Waals surface area contributed by atoms with Gasteiger partial charge in [-0.1, -0.05) is 12.1 Å². The molecule has 2 aliphatic rings. The minimum Gasteiger partial charge on any atom is -0.468 e. The number of carbonyl (C=O) groups is 2. The maximum Gasteiger partial charge on any atom is 0.251 e. The predicted octanol–water partition coefficient (Wildman–Crippen LogP) is 3.93. The summed E-state index contributed by atoms with van der Waals surface area (Å²) in [6.07, 6.45) is 4.09. The van der Waals surface area contributed by atoms with E-state index in [1.165, 1.54) is 0 Å². The van der Waals surface area contributed by atoms with Crippen LogP contribution < -0.4 is 20.1 Å². The van der Waals surface area contributed by atoms with E-state index < -0.39 is 0 Å². The van der Waals surface area contributed by atoms with E-state index in [0.29, 0.717) is 54.8 Å². The zero-order chi connectivity index (χ0) is 23.3. The van der Waals surface area contributed by atoms with Crippen LogP contribution in [0.1, 0.15) is 40.9 Å². The lowest BCUT2D eigenvalue weighted by molar-refractivity contribution is -0.116. The molecule has 1 saturated carbocycles. The van der Waals surface area contributed by atoms with E-state index in [0.717, 1.165) is 24.2 Å². The standard InChI is InChI=1S/C26H27N3O5/c30-25(27-21-9-10-23-24(14-21)34-17-33-23)11-12-29(16-22-2-1-13-32-22)15-18-3-5-19(6-4-18)26(31)28-20-7-8-20/h1-6,9-10,13-14,20H,7-8,11-12,15-17H2,(H,27,30)(H,28,31). The number of carbonyl (C=O) groups excluding carboxylic acids is 2. The highest BCUT2D eigenvalue weighted by Crippen LogP contribution is 2.34. The molecule has 0 radical (unpaired) electrons. The van der Waals surface area contributed by atoms with Gasteiger partial charge in [-0.15, -0.1) is 0 Å². The molecule has 5 rings (SSSR count). The number of benzene rings is 2. The van der Waals surface area contributed by atoms with Gasteiger partial charge in [-0.25, -0.2) is 0 Å². The molecule has 1 aliphatic carbocycles. The summed E-state index contributed by atoms with van der Waals surface area (Å²) in [7, 11) is 0. The van der Waals surface area contributed by atoms with E-state index in [4.69, 9.17) is 13.9 Å². The highest BCUT2D eigenvalue weighted by atomic mass is 16.7. The number of nitrogens with one attached hydrogen (secondary N) is 2. The normalized spacial score (nSPS) is 14.3. The summed E-state index contributed by atoms with van der Waals surface area (Å²) < 4.78 is 16.2. The van der Waals surface area contributed by atoms with E-state index in [1.807, 2.05) is 36.4 Å². The summed E-state index contributed by atoms with van der Waals surface area (Å²) in [5.74, 6) is 2.03. The largest absolute Gasteiger partial charge is 0.468 e. The van der Waals surface area contributed by atoms with E-state index >= 15 is 0 Å². The first-order valence-electron chi connectivity index (χ1n) is 11.5. The first-order valence-corrected chi connectivity index (χ1v) is 11.5. The van der Waals surface area contributed by atoms with Crippen molar-refractivity contribution >= 4 is 17.5 Å². The third-order valence-corrected chi connectivity index (χ3v) is 5.81. The van der Waals surface area contributed by atoms with Crippen molar-refractivity contribution in [3.8, 4) is 11.5 Å². The van der Waals surface area contributed by atoms with Crippen LogP contribution in [0.4, 0.5) is 5.69 Å². The Morgan fingerprint density at radius 1 is 0.971 bits per heavy atom. The number of fused-ring (bicyclic) bond motifs is 1. The SMILES string of the molecule is O=C(CCN(Cc1ccc(C(=O)NC2CC2)cc1)Cc1ccco1)Nc1ccc2c(c1)OCO2. The van der Waals surface area contributed by atoms with Crippen molar-refractivity contribution in [2.75, 3.05) is 18.7 Å². The van der Waals surface area contributed by atoms with Crippen molar-refractivity contribution in [3.63, 3.8) is 0 Å². The fourth-order valence-electron chi connectivity index (χ4n) is 3.81. The Morgan fingerprint density at radius 3 is 2.56 bits per heavy atom. The van der Waals surface area contributed by atoms with E-state index in [2.05, 4.69) is 15.5 Å². The summed E-state index contributed by atoms with van der Waals surface area (Å²) in [5.41, 5.74) is 2.40. The Balaban J connectivity index is 1.18. The van der Waals surface area contributed by atoms with Crippen molar-refractivity contribution in [1.29, 1.82) is 0 Å². The van der Waals surface area contributed by atoms with Gasteiger partial charge in [0.15, 0.2) is 11.5 Å². The maximum atomic E-state index is 12.6. The van der Waals surface area contributed by atoms with Crippen LogP contribution in [-0.4, -0.2) is 36.1 Å². The zero-order valence-corrected chi connectivity index (χ0v) is 18.8. The lowest BCUT2D eigenvalue weighted by Gasteiger charge is -2.21. The molecule has 1 aromatic heterocycles. The Morgan fingerprint density at radius 2 is 1.79 bits per heavy atom. The second-order valence-corrected chi connectivity index (χ2v) is 8.60. The van der Waals surface area contributed by atoms with E-state index in [9.17, 15) is 9.59 Å². The minimum atomic E-state index is -0.0876. The van der Waals surface area contributed by atoms with Crippen molar-refractivity contribution in [2.45, 2.75) is 38.4 Å². The number of hydrogen-bond donors (Lipinski definition) is 2. The van der Waals surface area contributed by atoms with Gasteiger partial charge in [0.25, 0.3) is 5.91 Å². The lowest BCUT2D eigenvalue weighted by atomic mass is 10.1. The second kappa shape index (κ2) is 10.0. The molecule has 2 amide bonds. The van der Waals surface area contributed by atoms with Gasteiger partial charge in [0.1, 0.15) is 5.76 Å². The summed E-state index contributed by atoms with van der Waals surface area (Å²) >= 11 is 0. The van der Waals surface area contributed by atoms with Crippen LogP contribution in [0.3, 0.4) is 0 Å². The van der Waals surface area contributed by atoms with E-state index in [1.54, 1.807) is 24.5 Å². The molecule has 0 spiro atoms. The number of amides is 2. The summed E-state index contributed by atoms with van der Waals surface area (Å²) in [4.78, 5) is 27.0. The highest BCUT2D eigenvalue weighted by Gasteiger charge is 2.23. The Kier molecular flexibility index (Phi) is 6.49. The molecule has 0 atom stereocenters. The van der Waals surface area contributed by atoms with Crippen molar-refractivity contribution in [2.24, 2.45) is 0 Å². The highest BCUT2D eigenvalue weighted by molar-refractivity contribution is 5.94. The van der Waals surface area contributed by atoms with Crippen LogP contribution in [0, 0.1) is 0 Å². The third-order valence-electron chi connectivity index (χ3n) is 5.81. The zero-order valence-electron chi connectivity index (χ0n) is 18.8. The van der Waals surface area contributed by atoms with Crippen LogP contribution in [0.5, 0.6) is 11.5 Å². The van der Waals surface area contributed by atoms with Crippen LogP contribution in [0.15, 0.2) is 65.3 Å². The predicted molar refractivity (Wildman–Crippen MR) is 126 cm³/mol. The number of rotatable bonds is 10. The van der Waals surface area contributed by atoms with Gasteiger partial charge in [-0.05, 0) is 54.8 Å². The average molecular weight is 462 g/mol. The van der Waals surface area contributed by atoms with E-state index in [-0.39, 0.29) is 18.6 Å². The smallest absolute Gasteiger partial charge is 0.251 e. The van der Waals surface area contributed by atoms with Crippen LogP contribution in [0.25, 0.3) is 0 Å². The summed E-state index contributed by atoms with van der Waals surface area (Å²) in [6, 6.07) is 17.1. The lowest BCUT2D eigenvalue weighted by Crippen LogP contribution is -2.27. The van der Waals surface area contributed by atoms with Gasteiger partial charge in [-0.3, -0.25) is 14.5 Å². The van der Waals surface area contributed by atoms with Crippen molar-refractivity contribution < 1.29 is 23.5 Å². The van der Waals surface area contributed by atoms with Crippen LogP contribution >= 0.6 is 0 Å². The molecular formula is C26H27N3O5. The molecule has 0 saturated heterocycles. The van der Waals surface area contributed by atoms with Crippen molar-refractivity contribution in [3.05, 3.63) is 77.7 Å².